The van der Waals surface area contributed by atoms with E-state index in [-0.39, 0.29) is 18.6 Å². The maximum absolute atomic E-state index is 11.8. The van der Waals surface area contributed by atoms with Crippen LogP contribution in [0, 0.1) is 0 Å². The molecule has 0 spiro atoms. The van der Waals surface area contributed by atoms with Gasteiger partial charge >= 0.3 is 5.69 Å². The molecule has 1 amide bonds. The minimum atomic E-state index is -1.05. The van der Waals surface area contributed by atoms with Crippen LogP contribution in [0.1, 0.15) is 21.4 Å². The molecule has 0 unspecified atom stereocenters. The number of aliphatic hydroxyl groups is 3. The highest BCUT2D eigenvalue weighted by Gasteiger charge is 2.16. The number of amides is 1. The Morgan fingerprint density at radius 2 is 2.33 bits per heavy atom. The lowest BCUT2D eigenvalue weighted by Crippen LogP contribution is -2.33. The molecule has 0 aromatic carbocycles. The zero-order valence-corrected chi connectivity index (χ0v) is 11.9. The van der Waals surface area contributed by atoms with Crippen molar-refractivity contribution in [2.24, 2.45) is 0 Å². The smallest absolute Gasteiger partial charge is 0.351 e. The molecule has 0 bridgehead atoms. The van der Waals surface area contributed by atoms with E-state index in [1.807, 2.05) is 0 Å². The lowest BCUT2D eigenvalue weighted by molar-refractivity contribution is -0.114. The van der Waals surface area contributed by atoms with Crippen LogP contribution in [0.5, 0.6) is 0 Å². The molecule has 1 heterocycles. The van der Waals surface area contributed by atoms with Crippen LogP contribution >= 0.6 is 0 Å². The summed E-state index contributed by atoms with van der Waals surface area (Å²) < 4.78 is 19.1. The summed E-state index contributed by atoms with van der Waals surface area (Å²) in [6.07, 6.45) is -0.558. The van der Waals surface area contributed by atoms with Gasteiger partial charge in [0.25, 0.3) is 0 Å². The second-order valence-electron chi connectivity index (χ2n) is 3.76. The monoisotopic (exact) mass is 306 g/mol. The molecular weight excluding hydrogens is 282 g/mol. The average Bonchev–Trinajstić information content (AvgIpc) is 2.50. The molecule has 120 valence electrons. The fourth-order valence-electron chi connectivity index (χ4n) is 1.34. The fourth-order valence-corrected chi connectivity index (χ4v) is 1.34. The van der Waals surface area contributed by atoms with E-state index < -0.39 is 31.2 Å². The lowest BCUT2D eigenvalue weighted by atomic mass is 10.4. The highest BCUT2D eigenvalue weighted by molar-refractivity contribution is 5.87. The summed E-state index contributed by atoms with van der Waals surface area (Å²) in [5, 5.41) is 24.0. The summed E-state index contributed by atoms with van der Waals surface area (Å²) in [5.74, 6) is -0.270. The minimum Gasteiger partial charge on any atom is -0.400 e. The van der Waals surface area contributed by atoms with Gasteiger partial charge in [-0.2, -0.15) is 4.98 Å². The van der Waals surface area contributed by atoms with E-state index in [4.69, 9.17) is 12.6 Å². The number of rotatable bonds is 6. The van der Waals surface area contributed by atoms with E-state index in [0.29, 0.717) is 0 Å². The number of anilines is 1. The molecule has 1 rings (SSSR count). The van der Waals surface area contributed by atoms with Gasteiger partial charge in [0, 0.05) is 21.6 Å². The molecule has 9 nitrogen and oxygen atoms in total. The van der Waals surface area contributed by atoms with Crippen molar-refractivity contribution in [2.45, 2.75) is 26.2 Å². The second kappa shape index (κ2) is 10.00. The van der Waals surface area contributed by atoms with Crippen LogP contribution in [0.4, 0.5) is 5.82 Å². The largest absolute Gasteiger partial charge is 0.400 e. The first-order valence-corrected chi connectivity index (χ1v) is 5.95. The Bertz CT molecular complexity index is 524. The molecule has 0 saturated carbocycles. The van der Waals surface area contributed by atoms with Crippen molar-refractivity contribution in [3.8, 4) is 0 Å². The first-order chi connectivity index (χ1) is 10.9. The van der Waals surface area contributed by atoms with Gasteiger partial charge in [0.1, 0.15) is 5.82 Å². The SMILES string of the molecule is [2H]C[C@H](CO)O[C@H](CO)n1ccc(NC(C)=O)nc1=O.[3H]OC. The number of hydrogen-bond acceptors (Lipinski definition) is 7. The average molecular weight is 306 g/mol. The highest BCUT2D eigenvalue weighted by Crippen LogP contribution is 2.09. The van der Waals surface area contributed by atoms with Crippen molar-refractivity contribution in [1.82, 2.24) is 9.55 Å². The number of aromatic nitrogens is 2. The molecule has 1 aromatic heterocycles. The van der Waals surface area contributed by atoms with E-state index in [0.717, 1.165) is 4.57 Å². The Morgan fingerprint density at radius 3 is 2.76 bits per heavy atom. The summed E-state index contributed by atoms with van der Waals surface area (Å²) in [6.45, 7) is 0.163. The third-order valence-electron chi connectivity index (χ3n) is 2.15. The highest BCUT2D eigenvalue weighted by atomic mass is 16.5. The van der Waals surface area contributed by atoms with Gasteiger partial charge in [0.15, 0.2) is 6.23 Å². The first kappa shape index (κ1) is 15.6. The maximum Gasteiger partial charge on any atom is 0.351 e. The minimum absolute atomic E-state index is 0.0923. The van der Waals surface area contributed by atoms with Gasteiger partial charge in [0.05, 0.1) is 19.3 Å². The molecule has 0 radical (unpaired) electrons. The van der Waals surface area contributed by atoms with E-state index in [1.165, 1.54) is 26.3 Å². The van der Waals surface area contributed by atoms with Crippen LogP contribution in [-0.2, 0) is 9.53 Å². The first-order valence-electron chi connectivity index (χ1n) is 7.07. The summed E-state index contributed by atoms with van der Waals surface area (Å²) in [6, 6.07) is 1.38. The normalized spacial score (nSPS) is 14.1. The lowest BCUT2D eigenvalue weighted by Gasteiger charge is -2.21. The van der Waals surface area contributed by atoms with Crippen LogP contribution in [0.15, 0.2) is 17.1 Å². The van der Waals surface area contributed by atoms with Gasteiger partial charge in [-0.05, 0) is 13.0 Å². The summed E-state index contributed by atoms with van der Waals surface area (Å²) in [5.41, 5.74) is -0.725. The Hall–Kier alpha value is -1.81. The molecule has 2 atom stereocenters. The third-order valence-corrected chi connectivity index (χ3v) is 2.15. The summed E-state index contributed by atoms with van der Waals surface area (Å²) >= 11 is 0. The van der Waals surface area contributed by atoms with Crippen molar-refractivity contribution in [3.63, 3.8) is 0 Å². The van der Waals surface area contributed by atoms with Crippen molar-refractivity contribution in [1.29, 1.82) is 1.43 Å². The zero-order valence-electron chi connectivity index (χ0n) is 13.9. The Kier molecular flexibility index (Phi) is 7.41. The van der Waals surface area contributed by atoms with Gasteiger partial charge in [-0.1, -0.05) is 0 Å². The predicted octanol–water partition coefficient (Wildman–Crippen LogP) is -1.30. The number of ether oxygens (including phenoxy) is 1. The molecule has 1 aromatic rings. The van der Waals surface area contributed by atoms with Gasteiger partial charge in [-0.3, -0.25) is 9.36 Å². The second-order valence-corrected chi connectivity index (χ2v) is 3.76. The topological polar surface area (TPSA) is 134 Å². The number of nitrogens with zero attached hydrogens (tertiary/aromatic N) is 2. The standard InChI is InChI=1S/C11H17N3O5.CH4O/c1-7(5-15)19-10(6-16)14-4-3-9(12-8(2)17)13-11(14)18;1-2/h3-4,7,10,15-16H,5-6H2,1-2H3,(H,12,13,17,18);2H,1H3/t7-,10-;/m1./s1/i1D;2T. The number of hydrogen-bond donors (Lipinski definition) is 4. The van der Waals surface area contributed by atoms with Crippen LogP contribution in [0.3, 0.4) is 0 Å². The summed E-state index contributed by atoms with van der Waals surface area (Å²) in [7, 11) is 1.29. The van der Waals surface area contributed by atoms with Crippen molar-refractivity contribution in [2.75, 3.05) is 25.6 Å². The van der Waals surface area contributed by atoms with Crippen LogP contribution in [-0.4, -0.2) is 58.6 Å². The molecule has 0 saturated heterocycles. The van der Waals surface area contributed by atoms with Gasteiger partial charge in [-0.25, -0.2) is 4.79 Å². The van der Waals surface area contributed by atoms with Gasteiger partial charge in [-0.15, -0.1) is 0 Å². The third kappa shape index (κ3) is 6.45. The summed E-state index contributed by atoms with van der Waals surface area (Å²) in [4.78, 5) is 26.2. The molecule has 0 aliphatic heterocycles. The Labute approximate surface area is 124 Å². The molecule has 21 heavy (non-hydrogen) atoms. The number of nitrogens with one attached hydrogen (secondary N) is 1. The van der Waals surface area contributed by atoms with E-state index in [2.05, 4.69) is 15.4 Å². The van der Waals surface area contributed by atoms with Crippen LogP contribution in [0.2, 0.25) is 0 Å². The van der Waals surface area contributed by atoms with Crippen molar-refractivity contribution in [3.05, 3.63) is 22.7 Å². The van der Waals surface area contributed by atoms with E-state index in [9.17, 15) is 14.7 Å². The zero-order chi connectivity index (χ0) is 17.8. The number of carbonyl (C=O) groups is 1. The molecular formula is C12H21N3O6. The molecule has 4 N–H and O–H groups in total. The van der Waals surface area contributed by atoms with Crippen molar-refractivity contribution < 1.29 is 26.2 Å². The molecule has 0 fully saturated rings. The van der Waals surface area contributed by atoms with Crippen LogP contribution < -0.4 is 11.0 Å². The van der Waals surface area contributed by atoms with E-state index >= 15 is 0 Å². The Morgan fingerprint density at radius 1 is 1.67 bits per heavy atom. The molecule has 9 heteroatoms. The number of aliphatic hydroxyl groups excluding tert-OH is 3. The maximum atomic E-state index is 11.8. The van der Waals surface area contributed by atoms with Gasteiger partial charge in [0.2, 0.25) is 7.34 Å². The predicted molar refractivity (Wildman–Crippen MR) is 74.7 cm³/mol. The Balaban J connectivity index is 0.00000149. The van der Waals surface area contributed by atoms with Crippen molar-refractivity contribution >= 4 is 11.7 Å². The van der Waals surface area contributed by atoms with E-state index in [1.54, 1.807) is 0 Å². The fraction of sp³-hybridized carbons (Fsp3) is 0.583. The number of carbonyl (C=O) groups excluding carboxylic acids is 1. The van der Waals surface area contributed by atoms with Gasteiger partial charge < -0.3 is 25.4 Å². The van der Waals surface area contributed by atoms with Crippen LogP contribution in [0.25, 0.3) is 0 Å². The molecule has 0 aliphatic rings. The molecule has 0 aliphatic carbocycles. The quantitative estimate of drug-likeness (QED) is 0.513.